The molecule has 3 aromatic heterocycles. The van der Waals surface area contributed by atoms with Crippen molar-refractivity contribution in [2.24, 2.45) is 0 Å². The first kappa shape index (κ1) is 32.1. The maximum absolute atomic E-state index is 13.8. The molecule has 0 spiro atoms. The Morgan fingerprint density at radius 3 is 2.67 bits per heavy atom. The molecule has 46 heavy (non-hydrogen) atoms. The Hall–Kier alpha value is -3.90. The van der Waals surface area contributed by atoms with Gasteiger partial charge in [-0.05, 0) is 67.3 Å². The lowest BCUT2D eigenvalue weighted by Crippen LogP contribution is -2.29. The summed E-state index contributed by atoms with van der Waals surface area (Å²) in [5.41, 5.74) is 3.75. The second-order valence-electron chi connectivity index (χ2n) is 10.7. The molecule has 1 saturated heterocycles. The van der Waals surface area contributed by atoms with Crippen molar-refractivity contribution in [2.75, 3.05) is 11.5 Å². The van der Waals surface area contributed by atoms with Crippen molar-refractivity contribution in [1.29, 1.82) is 0 Å². The molecular formula is C33H29Cl2N5O4S2. The third kappa shape index (κ3) is 6.12. The summed E-state index contributed by atoms with van der Waals surface area (Å²) in [6, 6.07) is 15.3. The van der Waals surface area contributed by atoms with Gasteiger partial charge in [0.2, 0.25) is 5.13 Å². The summed E-state index contributed by atoms with van der Waals surface area (Å²) in [4.78, 5) is 33.6. The Morgan fingerprint density at radius 2 is 1.91 bits per heavy atom. The number of hydrogen-bond donors (Lipinski definition) is 1. The number of ether oxygens (including phenoxy) is 1. The molecule has 0 radical (unpaired) electrons. The number of pyridine rings is 1. The summed E-state index contributed by atoms with van der Waals surface area (Å²) >= 11 is 15.0. The van der Waals surface area contributed by atoms with E-state index in [9.17, 15) is 14.7 Å². The number of amides is 1. The number of ketones is 1. The molecule has 9 nitrogen and oxygen atoms in total. The third-order valence-corrected chi connectivity index (χ3v) is 10.4. The molecule has 2 aromatic carbocycles. The van der Waals surface area contributed by atoms with Gasteiger partial charge in [-0.3, -0.25) is 14.5 Å². The van der Waals surface area contributed by atoms with Gasteiger partial charge in [-0.2, -0.15) is 0 Å². The van der Waals surface area contributed by atoms with E-state index in [4.69, 9.17) is 27.9 Å². The van der Waals surface area contributed by atoms with E-state index < -0.39 is 17.7 Å². The highest BCUT2D eigenvalue weighted by atomic mass is 35.5. The number of imidazole rings is 1. The monoisotopic (exact) mass is 693 g/mol. The van der Waals surface area contributed by atoms with Gasteiger partial charge in [-0.25, -0.2) is 4.98 Å². The number of aliphatic hydroxyl groups excluding tert-OH is 1. The number of aryl methyl sites for hydroxylation is 2. The van der Waals surface area contributed by atoms with Crippen LogP contribution in [0.1, 0.15) is 53.9 Å². The molecule has 0 bridgehead atoms. The van der Waals surface area contributed by atoms with Crippen LogP contribution in [-0.2, 0) is 15.3 Å². The van der Waals surface area contributed by atoms with Crippen molar-refractivity contribution < 1.29 is 19.4 Å². The molecule has 1 aliphatic rings. The number of unbranched alkanes of at least 4 members (excludes halogenated alkanes) is 1. The van der Waals surface area contributed by atoms with Crippen LogP contribution in [0.5, 0.6) is 5.75 Å². The van der Waals surface area contributed by atoms with Gasteiger partial charge in [0.1, 0.15) is 17.1 Å². The molecule has 236 valence electrons. The van der Waals surface area contributed by atoms with Crippen LogP contribution < -0.4 is 9.64 Å². The molecular weight excluding hydrogens is 665 g/mol. The molecule has 1 unspecified atom stereocenters. The topological polar surface area (TPSA) is 110 Å². The number of nitrogens with zero attached hydrogens (tertiary/aromatic N) is 5. The quantitative estimate of drug-likeness (QED) is 0.0389. The molecule has 5 aromatic rings. The molecule has 1 fully saturated rings. The lowest BCUT2D eigenvalue weighted by Gasteiger charge is -2.23. The zero-order valence-corrected chi connectivity index (χ0v) is 28.3. The first-order valence-electron chi connectivity index (χ1n) is 14.6. The maximum Gasteiger partial charge on any atom is 0.301 e. The number of aliphatic hydroxyl groups is 1. The average Bonchev–Trinajstić information content (AvgIpc) is 3.72. The number of fused-ring (bicyclic) bond motifs is 1. The highest BCUT2D eigenvalue weighted by molar-refractivity contribution is 8.00. The molecule has 1 atom stereocenters. The largest absolute Gasteiger partial charge is 0.505 e. The minimum absolute atomic E-state index is 0.0859. The molecule has 4 heterocycles. The number of halogens is 2. The van der Waals surface area contributed by atoms with Gasteiger partial charge in [-0.1, -0.05) is 83.9 Å². The van der Waals surface area contributed by atoms with Gasteiger partial charge < -0.3 is 14.2 Å². The van der Waals surface area contributed by atoms with Crippen LogP contribution in [0.4, 0.5) is 5.13 Å². The zero-order chi connectivity index (χ0) is 32.5. The summed E-state index contributed by atoms with van der Waals surface area (Å²) in [6.07, 6.45) is 3.69. The van der Waals surface area contributed by atoms with Gasteiger partial charge in [0.05, 0.1) is 23.9 Å². The number of hydrogen-bond acceptors (Lipinski definition) is 9. The minimum Gasteiger partial charge on any atom is -0.505 e. The second-order valence-corrected chi connectivity index (χ2v) is 13.8. The fraction of sp³-hybridized carbons (Fsp3) is 0.242. The summed E-state index contributed by atoms with van der Waals surface area (Å²) < 4.78 is 8.38. The first-order valence-corrected chi connectivity index (χ1v) is 17.1. The molecule has 0 aliphatic carbocycles. The van der Waals surface area contributed by atoms with E-state index in [1.54, 1.807) is 30.3 Å². The number of Topliss-reactive ketones (excluding diaryl/α,β-unsaturated/α-hetero) is 1. The van der Waals surface area contributed by atoms with Crippen LogP contribution >= 0.6 is 46.3 Å². The predicted molar refractivity (Wildman–Crippen MR) is 182 cm³/mol. The predicted octanol–water partition coefficient (Wildman–Crippen LogP) is 8.21. The lowest BCUT2D eigenvalue weighted by atomic mass is 9.96. The van der Waals surface area contributed by atoms with E-state index in [1.165, 1.54) is 28.0 Å². The van der Waals surface area contributed by atoms with Crippen LogP contribution in [0.2, 0.25) is 10.0 Å². The summed E-state index contributed by atoms with van der Waals surface area (Å²) in [6.45, 7) is 6.33. The van der Waals surface area contributed by atoms with Crippen molar-refractivity contribution in [3.05, 3.63) is 104 Å². The van der Waals surface area contributed by atoms with E-state index in [0.29, 0.717) is 49.4 Å². The van der Waals surface area contributed by atoms with Crippen LogP contribution in [-0.4, -0.2) is 43.0 Å². The molecule has 1 amide bonds. The van der Waals surface area contributed by atoms with E-state index in [1.807, 2.05) is 48.7 Å². The first-order chi connectivity index (χ1) is 22.2. The van der Waals surface area contributed by atoms with Gasteiger partial charge in [-0.15, -0.1) is 10.2 Å². The van der Waals surface area contributed by atoms with Crippen molar-refractivity contribution in [3.63, 3.8) is 0 Å². The lowest BCUT2D eigenvalue weighted by molar-refractivity contribution is -0.132. The Labute approximate surface area is 283 Å². The minimum atomic E-state index is -1.00. The third-order valence-electron chi connectivity index (χ3n) is 7.66. The Bertz CT molecular complexity index is 2010. The number of anilines is 1. The van der Waals surface area contributed by atoms with Gasteiger partial charge in [0, 0.05) is 22.0 Å². The summed E-state index contributed by atoms with van der Waals surface area (Å²) in [5.74, 6) is -0.943. The SMILES string of the molecule is CCCCOc1cccc(C2C(=C(O)c3nc4c(C)cccn4c3C)C(=O)C(=O)N2c2nnc(SCc3ccc(Cl)cc3Cl)s2)c1. The van der Waals surface area contributed by atoms with Gasteiger partial charge >= 0.3 is 5.91 Å². The van der Waals surface area contributed by atoms with E-state index in [2.05, 4.69) is 22.1 Å². The molecule has 1 N–H and O–H groups in total. The Morgan fingerprint density at radius 1 is 1.09 bits per heavy atom. The average molecular weight is 695 g/mol. The van der Waals surface area contributed by atoms with Crippen LogP contribution in [0, 0.1) is 13.8 Å². The van der Waals surface area contributed by atoms with Gasteiger partial charge in [0.25, 0.3) is 5.78 Å². The Balaban J connectivity index is 1.43. The number of rotatable bonds is 10. The van der Waals surface area contributed by atoms with Crippen molar-refractivity contribution in [3.8, 4) is 5.75 Å². The molecule has 0 saturated carbocycles. The van der Waals surface area contributed by atoms with Crippen LogP contribution in [0.25, 0.3) is 11.4 Å². The van der Waals surface area contributed by atoms with E-state index in [0.717, 1.165) is 24.0 Å². The molecule has 1 aliphatic heterocycles. The van der Waals surface area contributed by atoms with E-state index >= 15 is 0 Å². The second kappa shape index (κ2) is 13.4. The molecule has 6 rings (SSSR count). The number of benzene rings is 2. The highest BCUT2D eigenvalue weighted by Crippen LogP contribution is 2.45. The summed E-state index contributed by atoms with van der Waals surface area (Å²) in [5, 5.41) is 21.7. The van der Waals surface area contributed by atoms with E-state index in [-0.39, 0.29) is 22.2 Å². The van der Waals surface area contributed by atoms with Crippen molar-refractivity contribution in [1.82, 2.24) is 19.6 Å². The van der Waals surface area contributed by atoms with Crippen molar-refractivity contribution >= 4 is 74.5 Å². The number of thioether (sulfide) groups is 1. The number of carbonyl (C=O) groups excluding carboxylic acids is 2. The van der Waals surface area contributed by atoms with Gasteiger partial charge in [0.15, 0.2) is 10.1 Å². The normalized spacial score (nSPS) is 16.1. The van der Waals surface area contributed by atoms with Crippen LogP contribution in [0.15, 0.2) is 70.7 Å². The number of carbonyl (C=O) groups is 2. The summed E-state index contributed by atoms with van der Waals surface area (Å²) in [7, 11) is 0. The fourth-order valence-corrected chi connectivity index (χ4v) is 7.69. The maximum atomic E-state index is 13.8. The Kier molecular flexibility index (Phi) is 9.37. The fourth-order valence-electron chi connectivity index (χ4n) is 5.26. The smallest absolute Gasteiger partial charge is 0.301 e. The zero-order valence-electron chi connectivity index (χ0n) is 25.2. The molecule has 13 heteroatoms. The highest BCUT2D eigenvalue weighted by Gasteiger charge is 2.49. The standard InChI is InChI=1S/C33H29Cl2N5O4S2/c1-4-5-14-44-23-10-6-9-20(15-23)27-25(28(41)26-19(3)39-13-7-8-18(2)30(39)36-26)29(42)31(43)40(27)32-37-38-33(46-32)45-17-21-11-12-22(34)16-24(21)35/h6-13,15-16,27,41H,4-5,14,17H2,1-3H3. The van der Waals surface area contributed by atoms with Crippen LogP contribution in [0.3, 0.4) is 0 Å². The number of aromatic nitrogens is 4. The van der Waals surface area contributed by atoms with Crippen molar-refractivity contribution in [2.45, 2.75) is 49.7 Å².